The van der Waals surface area contributed by atoms with Gasteiger partial charge in [0.15, 0.2) is 5.11 Å². The highest BCUT2D eigenvalue weighted by Crippen LogP contribution is 2.28. The molecule has 3 heterocycles. The van der Waals surface area contributed by atoms with Crippen LogP contribution in [0, 0.1) is 17.7 Å². The SMILES string of the molecule is CC1CCN(c2cc(N3CCC[C@@H](C)C3)nc(NC(=S)NCCCc3ccc(F)cc3)n2)CC1. The zero-order chi connectivity index (χ0) is 23.9. The van der Waals surface area contributed by atoms with Crippen molar-refractivity contribution < 1.29 is 4.39 Å². The van der Waals surface area contributed by atoms with E-state index in [0.717, 1.165) is 68.7 Å². The molecule has 2 saturated heterocycles. The molecule has 2 N–H and O–H groups in total. The number of benzene rings is 1. The molecular formula is C26H37FN6S. The number of aryl methyl sites for hydroxylation is 1. The van der Waals surface area contributed by atoms with E-state index in [1.807, 2.05) is 12.1 Å². The van der Waals surface area contributed by atoms with E-state index in [9.17, 15) is 4.39 Å². The van der Waals surface area contributed by atoms with Crippen molar-refractivity contribution in [3.05, 3.63) is 41.7 Å². The largest absolute Gasteiger partial charge is 0.362 e. The maximum atomic E-state index is 13.1. The van der Waals surface area contributed by atoms with Crippen molar-refractivity contribution in [2.75, 3.05) is 47.8 Å². The molecule has 8 heteroatoms. The molecule has 6 nitrogen and oxygen atoms in total. The summed E-state index contributed by atoms with van der Waals surface area (Å²) in [5, 5.41) is 7.01. The van der Waals surface area contributed by atoms with E-state index in [1.165, 1.54) is 37.8 Å². The molecule has 0 spiro atoms. The fourth-order valence-corrected chi connectivity index (χ4v) is 4.92. The molecule has 0 bridgehead atoms. The van der Waals surface area contributed by atoms with Crippen molar-refractivity contribution in [1.29, 1.82) is 0 Å². The smallest absolute Gasteiger partial charge is 0.232 e. The second-order valence-electron chi connectivity index (χ2n) is 9.88. The number of nitrogens with one attached hydrogen (secondary N) is 2. The van der Waals surface area contributed by atoms with Crippen LogP contribution in [0.5, 0.6) is 0 Å². The van der Waals surface area contributed by atoms with E-state index >= 15 is 0 Å². The Bertz CT molecular complexity index is 945. The maximum Gasteiger partial charge on any atom is 0.232 e. The summed E-state index contributed by atoms with van der Waals surface area (Å²) < 4.78 is 13.1. The summed E-state index contributed by atoms with van der Waals surface area (Å²) in [6.07, 6.45) is 6.62. The molecule has 1 aromatic heterocycles. The molecule has 0 aliphatic carbocycles. The van der Waals surface area contributed by atoms with Gasteiger partial charge in [0.25, 0.3) is 0 Å². The second kappa shape index (κ2) is 11.8. The van der Waals surface area contributed by atoms with Gasteiger partial charge in [0.2, 0.25) is 5.95 Å². The molecule has 4 rings (SSSR count). The zero-order valence-electron chi connectivity index (χ0n) is 20.4. The first-order chi connectivity index (χ1) is 16.5. The molecule has 2 aromatic rings. The predicted molar refractivity (Wildman–Crippen MR) is 142 cm³/mol. The standard InChI is InChI=1S/C26H37FN6S/c1-19-11-15-32(16-12-19)23-17-24(33-14-4-5-20(2)18-33)30-25(29-23)31-26(34)28-13-3-6-21-7-9-22(27)10-8-21/h7-10,17,19-20H,3-6,11-16,18H2,1-2H3,(H2,28,29,30,31,34)/t20-/m1/s1. The van der Waals surface area contributed by atoms with Crippen LogP contribution in [0.4, 0.5) is 22.0 Å². The fourth-order valence-electron chi connectivity index (χ4n) is 4.73. The van der Waals surface area contributed by atoms with Crippen LogP contribution in [-0.2, 0) is 6.42 Å². The minimum Gasteiger partial charge on any atom is -0.362 e. The van der Waals surface area contributed by atoms with Gasteiger partial charge < -0.3 is 20.4 Å². The molecule has 1 atom stereocenters. The van der Waals surface area contributed by atoms with Gasteiger partial charge in [-0.2, -0.15) is 9.97 Å². The highest BCUT2D eigenvalue weighted by Gasteiger charge is 2.22. The molecule has 0 amide bonds. The first-order valence-corrected chi connectivity index (χ1v) is 13.1. The van der Waals surface area contributed by atoms with Crippen molar-refractivity contribution in [3.63, 3.8) is 0 Å². The van der Waals surface area contributed by atoms with Crippen LogP contribution < -0.4 is 20.4 Å². The maximum absolute atomic E-state index is 13.1. The molecule has 2 fully saturated rings. The molecule has 34 heavy (non-hydrogen) atoms. The molecule has 184 valence electrons. The molecular weight excluding hydrogens is 447 g/mol. The van der Waals surface area contributed by atoms with E-state index < -0.39 is 0 Å². The summed E-state index contributed by atoms with van der Waals surface area (Å²) in [6, 6.07) is 8.81. The lowest BCUT2D eigenvalue weighted by Gasteiger charge is -2.34. The minimum atomic E-state index is -0.202. The van der Waals surface area contributed by atoms with Crippen LogP contribution in [-0.4, -0.2) is 47.8 Å². The molecule has 2 aliphatic rings. The second-order valence-corrected chi connectivity index (χ2v) is 10.3. The number of hydrogen-bond acceptors (Lipinski definition) is 5. The van der Waals surface area contributed by atoms with E-state index in [0.29, 0.717) is 17.0 Å². The lowest BCUT2D eigenvalue weighted by molar-refractivity contribution is 0.435. The average Bonchev–Trinajstić information content (AvgIpc) is 2.83. The third-order valence-corrected chi connectivity index (χ3v) is 7.10. The van der Waals surface area contributed by atoms with Gasteiger partial charge in [0, 0.05) is 38.8 Å². The van der Waals surface area contributed by atoms with Crippen molar-refractivity contribution in [1.82, 2.24) is 15.3 Å². The number of piperidine rings is 2. The Morgan fingerprint density at radius 1 is 1.00 bits per heavy atom. The Kier molecular flexibility index (Phi) is 8.53. The van der Waals surface area contributed by atoms with Crippen molar-refractivity contribution in [3.8, 4) is 0 Å². The number of thiocarbonyl (C=S) groups is 1. The van der Waals surface area contributed by atoms with Crippen LogP contribution >= 0.6 is 12.2 Å². The number of nitrogens with zero attached hydrogens (tertiary/aromatic N) is 4. The topological polar surface area (TPSA) is 56.3 Å². The van der Waals surface area contributed by atoms with Gasteiger partial charge in [-0.25, -0.2) is 4.39 Å². The van der Waals surface area contributed by atoms with Crippen molar-refractivity contribution >= 4 is 34.9 Å². The summed E-state index contributed by atoms with van der Waals surface area (Å²) >= 11 is 5.54. The van der Waals surface area contributed by atoms with Gasteiger partial charge >= 0.3 is 0 Å². The third kappa shape index (κ3) is 7.01. The van der Waals surface area contributed by atoms with Gasteiger partial charge in [0.05, 0.1) is 0 Å². The molecule has 0 saturated carbocycles. The Morgan fingerprint density at radius 2 is 1.71 bits per heavy atom. The van der Waals surface area contributed by atoms with Gasteiger partial charge in [0.1, 0.15) is 17.5 Å². The van der Waals surface area contributed by atoms with Gasteiger partial charge in [-0.15, -0.1) is 0 Å². The van der Waals surface area contributed by atoms with Crippen LogP contribution in [0.3, 0.4) is 0 Å². The Morgan fingerprint density at radius 3 is 2.41 bits per heavy atom. The van der Waals surface area contributed by atoms with Crippen molar-refractivity contribution in [2.45, 2.75) is 52.4 Å². The van der Waals surface area contributed by atoms with E-state index in [2.05, 4.69) is 40.3 Å². The Balaban J connectivity index is 1.38. The monoisotopic (exact) mass is 484 g/mol. The lowest BCUT2D eigenvalue weighted by atomic mass is 9.99. The van der Waals surface area contributed by atoms with Crippen LogP contribution in [0.1, 0.15) is 51.5 Å². The normalized spacial score (nSPS) is 19.2. The van der Waals surface area contributed by atoms with Gasteiger partial charge in [-0.05, 0) is 80.3 Å². The lowest BCUT2D eigenvalue weighted by Crippen LogP contribution is -2.37. The van der Waals surface area contributed by atoms with E-state index in [4.69, 9.17) is 22.2 Å². The molecule has 2 aliphatic heterocycles. The number of halogens is 1. The van der Waals surface area contributed by atoms with Crippen molar-refractivity contribution in [2.24, 2.45) is 11.8 Å². The average molecular weight is 485 g/mol. The van der Waals surface area contributed by atoms with E-state index in [-0.39, 0.29) is 5.82 Å². The Hall–Kier alpha value is -2.48. The highest BCUT2D eigenvalue weighted by atomic mass is 32.1. The van der Waals surface area contributed by atoms with Gasteiger partial charge in [-0.3, -0.25) is 0 Å². The summed E-state index contributed by atoms with van der Waals surface area (Å²) in [7, 11) is 0. The number of aromatic nitrogens is 2. The summed E-state index contributed by atoms with van der Waals surface area (Å²) in [5.74, 6) is 3.76. The predicted octanol–water partition coefficient (Wildman–Crippen LogP) is 5.01. The first kappa shape index (κ1) is 24.6. The first-order valence-electron chi connectivity index (χ1n) is 12.6. The molecule has 1 aromatic carbocycles. The fraction of sp³-hybridized carbons (Fsp3) is 0.577. The van der Waals surface area contributed by atoms with Crippen LogP contribution in [0.2, 0.25) is 0 Å². The quantitative estimate of drug-likeness (QED) is 0.423. The number of anilines is 3. The molecule has 0 radical (unpaired) electrons. The summed E-state index contributed by atoms with van der Waals surface area (Å²) in [5.41, 5.74) is 1.12. The minimum absolute atomic E-state index is 0.202. The zero-order valence-corrected chi connectivity index (χ0v) is 21.2. The van der Waals surface area contributed by atoms with Crippen LogP contribution in [0.15, 0.2) is 30.3 Å². The summed E-state index contributed by atoms with van der Waals surface area (Å²) in [6.45, 7) is 9.47. The third-order valence-electron chi connectivity index (χ3n) is 6.85. The van der Waals surface area contributed by atoms with E-state index in [1.54, 1.807) is 0 Å². The molecule has 0 unspecified atom stereocenters. The number of hydrogen-bond donors (Lipinski definition) is 2. The number of rotatable bonds is 7. The van der Waals surface area contributed by atoms with Crippen LogP contribution in [0.25, 0.3) is 0 Å². The Labute approximate surface area is 208 Å². The van der Waals surface area contributed by atoms with Gasteiger partial charge in [-0.1, -0.05) is 26.0 Å². The summed E-state index contributed by atoms with van der Waals surface area (Å²) in [4.78, 5) is 14.4. The highest BCUT2D eigenvalue weighted by molar-refractivity contribution is 7.80.